The summed E-state index contributed by atoms with van der Waals surface area (Å²) in [6.45, 7) is 0. The number of benzene rings is 16. The van der Waals surface area contributed by atoms with Gasteiger partial charge in [-0.3, -0.25) is 4.98 Å². The van der Waals surface area contributed by atoms with E-state index in [2.05, 4.69) is 359 Å². The lowest BCUT2D eigenvalue weighted by molar-refractivity contribution is 1.18. The lowest BCUT2D eigenvalue weighted by Gasteiger charge is -2.17. The fraction of sp³-hybridized carbons (Fsp3) is 0. The Hall–Kier alpha value is -13.0. The number of hydrogen-bond donors (Lipinski definition) is 0. The standard InChI is InChI=1S/C99H58N4S3/c1-7-28-88-72(22-1)81-51-59(62-37-43-97-84(54-62)75-25-4-10-31-94(75)104-97)34-40-91(81)101(88)68-19-13-16-65(48-68)71-46-47-100-87-58-79(67-18-15-21-70(50-67)103-90-30-9-3-24-74(90)83-53-61(36-42-93(83)103)64-39-45-99-86(56-64)77-27-6-12-33-96(77)106-99)78(57-80(71)87)66-17-14-20-69(49-66)102-89-29-8-2-23-73(89)82-52-60(35-41-92(82)102)63-38-44-98-85(55-63)76-26-5-11-32-95(76)105-98/h1-58H. The Balaban J connectivity index is 0.682. The maximum atomic E-state index is 5.29. The maximum Gasteiger partial charge on any atom is 0.0714 e. The summed E-state index contributed by atoms with van der Waals surface area (Å²) in [6.07, 6.45) is 1.99. The molecule has 0 fully saturated rings. The van der Waals surface area contributed by atoms with Gasteiger partial charge in [-0.15, -0.1) is 34.0 Å². The van der Waals surface area contributed by atoms with Gasteiger partial charge in [-0.05, 0) is 231 Å². The first-order chi connectivity index (χ1) is 52.5. The van der Waals surface area contributed by atoms with E-state index in [-0.39, 0.29) is 0 Å². The Morgan fingerprint density at radius 2 is 0.481 bits per heavy atom. The van der Waals surface area contributed by atoms with Gasteiger partial charge in [0.2, 0.25) is 0 Å². The summed E-state index contributed by atoms with van der Waals surface area (Å²) >= 11 is 5.59. The summed E-state index contributed by atoms with van der Waals surface area (Å²) in [5.41, 5.74) is 25.1. The summed E-state index contributed by atoms with van der Waals surface area (Å²) in [4.78, 5) is 5.29. The summed E-state index contributed by atoms with van der Waals surface area (Å²) in [5.74, 6) is 0. The third-order valence-corrected chi connectivity index (χ3v) is 25.7. The smallest absolute Gasteiger partial charge is 0.0714 e. The van der Waals surface area contributed by atoms with Crippen LogP contribution in [0.4, 0.5) is 0 Å². The van der Waals surface area contributed by atoms with E-state index in [1.807, 2.05) is 40.2 Å². The fourth-order valence-corrected chi connectivity index (χ4v) is 20.6. The van der Waals surface area contributed by atoms with Crippen molar-refractivity contribution in [2.45, 2.75) is 0 Å². The maximum absolute atomic E-state index is 5.29. The van der Waals surface area contributed by atoms with E-state index in [0.29, 0.717) is 0 Å². The molecular weight excluding hydrogens is 1340 g/mol. The summed E-state index contributed by atoms with van der Waals surface area (Å²) in [6, 6.07) is 129. The second kappa shape index (κ2) is 23.2. The molecule has 0 aliphatic carbocycles. The van der Waals surface area contributed by atoms with E-state index in [0.717, 1.165) is 88.9 Å². The molecule has 23 aromatic rings. The van der Waals surface area contributed by atoms with Gasteiger partial charge in [0.1, 0.15) is 0 Å². The fourth-order valence-electron chi connectivity index (χ4n) is 17.4. The van der Waals surface area contributed by atoms with Crippen molar-refractivity contribution in [1.82, 2.24) is 18.7 Å². The van der Waals surface area contributed by atoms with Crippen molar-refractivity contribution in [2.24, 2.45) is 0 Å². The zero-order valence-electron chi connectivity index (χ0n) is 57.0. The molecule has 0 atom stereocenters. The molecule has 4 nitrogen and oxygen atoms in total. The van der Waals surface area contributed by atoms with Gasteiger partial charge in [0.15, 0.2) is 0 Å². The molecule has 7 heterocycles. The van der Waals surface area contributed by atoms with Gasteiger partial charge in [-0.25, -0.2) is 0 Å². The number of pyridine rings is 1. The van der Waals surface area contributed by atoms with Gasteiger partial charge in [0.05, 0.1) is 38.6 Å². The van der Waals surface area contributed by atoms with Crippen molar-refractivity contribution in [3.05, 3.63) is 352 Å². The Morgan fingerprint density at radius 3 is 0.868 bits per heavy atom. The van der Waals surface area contributed by atoms with Crippen LogP contribution in [0.25, 0.3) is 221 Å². The van der Waals surface area contributed by atoms with Crippen LogP contribution in [-0.2, 0) is 0 Å². The number of hydrogen-bond acceptors (Lipinski definition) is 4. The van der Waals surface area contributed by atoms with Crippen LogP contribution in [0, 0.1) is 0 Å². The van der Waals surface area contributed by atoms with Crippen LogP contribution in [-0.4, -0.2) is 18.7 Å². The van der Waals surface area contributed by atoms with E-state index in [1.54, 1.807) is 0 Å². The Bertz CT molecular complexity index is 7680. The van der Waals surface area contributed by atoms with E-state index >= 15 is 0 Å². The van der Waals surface area contributed by atoms with Crippen molar-refractivity contribution >= 4 is 171 Å². The molecule has 7 heteroatoms. The highest BCUT2D eigenvalue weighted by atomic mass is 32.1. The highest BCUT2D eigenvalue weighted by Gasteiger charge is 2.23. The van der Waals surface area contributed by atoms with Crippen molar-refractivity contribution < 1.29 is 0 Å². The number of rotatable bonds is 9. The average molecular weight is 1400 g/mol. The quantitative estimate of drug-likeness (QED) is 0.142. The van der Waals surface area contributed by atoms with E-state index in [1.165, 1.54) is 132 Å². The molecule has 7 aromatic heterocycles. The van der Waals surface area contributed by atoms with Crippen LogP contribution in [0.15, 0.2) is 352 Å². The SMILES string of the molecule is c1cc(-c2cc3nccc(-c4cccc(-n5c6ccccc6c6cc(-c7ccc8sc9ccccc9c8c7)ccc65)c4)c3cc2-c2cccc(-n3c4ccccc4c4cc(-c5ccc6sc7ccccc7c6c5)ccc43)c2)cc(-n2c3ccccc3c3cc(-c4ccc5sc6ccccc6c5c4)ccc32)c1. The Kier molecular flexibility index (Phi) is 13.1. The van der Waals surface area contributed by atoms with Crippen LogP contribution in [0.2, 0.25) is 0 Å². The molecule has 0 amide bonds. The van der Waals surface area contributed by atoms with Gasteiger partial charge in [0.25, 0.3) is 0 Å². The number of aromatic nitrogens is 4. The van der Waals surface area contributed by atoms with Crippen LogP contribution in [0.1, 0.15) is 0 Å². The normalized spacial score (nSPS) is 12.2. The summed E-state index contributed by atoms with van der Waals surface area (Å²) < 4.78 is 15.2. The molecular formula is C99H58N4S3. The van der Waals surface area contributed by atoms with Crippen molar-refractivity contribution in [2.75, 3.05) is 0 Å². The molecule has 492 valence electrons. The van der Waals surface area contributed by atoms with E-state index < -0.39 is 0 Å². The second-order valence-corrected chi connectivity index (χ2v) is 31.4. The topological polar surface area (TPSA) is 27.7 Å². The molecule has 106 heavy (non-hydrogen) atoms. The highest BCUT2D eigenvalue weighted by Crippen LogP contribution is 2.47. The van der Waals surface area contributed by atoms with E-state index in [4.69, 9.17) is 4.98 Å². The molecule has 23 rings (SSSR count). The predicted octanol–water partition coefficient (Wildman–Crippen LogP) is 28.6. The first-order valence-corrected chi connectivity index (χ1v) is 38.6. The summed E-state index contributed by atoms with van der Waals surface area (Å²) in [5, 5.41) is 16.2. The lowest BCUT2D eigenvalue weighted by atomic mass is 9.90. The molecule has 16 aromatic carbocycles. The number of nitrogens with zero attached hydrogens (tertiary/aromatic N) is 4. The molecule has 0 spiro atoms. The first-order valence-electron chi connectivity index (χ1n) is 36.1. The zero-order valence-corrected chi connectivity index (χ0v) is 59.4. The van der Waals surface area contributed by atoms with Gasteiger partial charge in [0, 0.05) is 121 Å². The molecule has 0 radical (unpaired) electrons. The van der Waals surface area contributed by atoms with Gasteiger partial charge in [-0.1, -0.05) is 182 Å². The zero-order chi connectivity index (χ0) is 69.2. The van der Waals surface area contributed by atoms with Crippen molar-refractivity contribution in [1.29, 1.82) is 0 Å². The number of thiophene rings is 3. The molecule has 0 saturated carbocycles. The Morgan fingerprint density at radius 1 is 0.179 bits per heavy atom. The third-order valence-electron chi connectivity index (χ3n) is 22.3. The molecule has 0 aliphatic heterocycles. The minimum Gasteiger partial charge on any atom is -0.309 e. The van der Waals surface area contributed by atoms with Crippen LogP contribution in [0.5, 0.6) is 0 Å². The van der Waals surface area contributed by atoms with Crippen LogP contribution >= 0.6 is 34.0 Å². The molecule has 0 aliphatic rings. The molecule has 0 saturated heterocycles. The highest BCUT2D eigenvalue weighted by molar-refractivity contribution is 7.26. The van der Waals surface area contributed by atoms with E-state index in [9.17, 15) is 0 Å². The van der Waals surface area contributed by atoms with Crippen LogP contribution in [0.3, 0.4) is 0 Å². The van der Waals surface area contributed by atoms with Crippen molar-refractivity contribution in [3.8, 4) is 83.8 Å². The second-order valence-electron chi connectivity index (χ2n) is 28.1. The minimum atomic E-state index is 0.920. The first kappa shape index (κ1) is 59.5. The number of fused-ring (bicyclic) bond motifs is 19. The predicted molar refractivity (Wildman–Crippen MR) is 456 cm³/mol. The largest absolute Gasteiger partial charge is 0.309 e. The monoisotopic (exact) mass is 1400 g/mol. The minimum absolute atomic E-state index is 0.920. The average Bonchev–Trinajstić information content (AvgIpc) is 1.60. The van der Waals surface area contributed by atoms with Gasteiger partial charge >= 0.3 is 0 Å². The number of para-hydroxylation sites is 3. The molecule has 0 unspecified atom stereocenters. The lowest BCUT2D eigenvalue weighted by Crippen LogP contribution is -1.97. The van der Waals surface area contributed by atoms with Gasteiger partial charge in [-0.2, -0.15) is 0 Å². The van der Waals surface area contributed by atoms with Crippen molar-refractivity contribution in [3.63, 3.8) is 0 Å². The summed E-state index contributed by atoms with van der Waals surface area (Å²) in [7, 11) is 0. The molecule has 0 N–H and O–H groups in total. The molecule has 0 bridgehead atoms. The third kappa shape index (κ3) is 9.20. The Labute approximate surface area is 620 Å². The van der Waals surface area contributed by atoms with Gasteiger partial charge < -0.3 is 13.7 Å². The van der Waals surface area contributed by atoms with Crippen LogP contribution < -0.4 is 0 Å².